The second-order valence-electron chi connectivity index (χ2n) is 8.72. The van der Waals surface area contributed by atoms with E-state index < -0.39 is 10.0 Å². The predicted molar refractivity (Wildman–Crippen MR) is 129 cm³/mol. The lowest BCUT2D eigenvalue weighted by Gasteiger charge is -2.26. The van der Waals surface area contributed by atoms with Gasteiger partial charge in [0.25, 0.3) is 5.91 Å². The molecule has 2 aliphatic rings. The van der Waals surface area contributed by atoms with Gasteiger partial charge in [-0.15, -0.1) is 0 Å². The molecule has 5 rings (SSSR count). The van der Waals surface area contributed by atoms with Gasteiger partial charge in [-0.25, -0.2) is 13.4 Å². The SMILES string of the molecule is Cc1ccc(C(=O)Nc2cccc(-c3cn4c(n3)CCCC4)c2)cc1S(=O)(=O)N1CCOCC1. The van der Waals surface area contributed by atoms with E-state index in [0.29, 0.717) is 43.1 Å². The third-order valence-electron chi connectivity index (χ3n) is 6.36. The number of nitrogens with one attached hydrogen (secondary N) is 1. The molecule has 1 amide bonds. The Labute approximate surface area is 199 Å². The van der Waals surface area contributed by atoms with E-state index >= 15 is 0 Å². The Bertz CT molecular complexity index is 1300. The zero-order valence-corrected chi connectivity index (χ0v) is 20.0. The largest absolute Gasteiger partial charge is 0.379 e. The lowest BCUT2D eigenvalue weighted by Crippen LogP contribution is -2.40. The van der Waals surface area contributed by atoms with Crippen molar-refractivity contribution in [2.75, 3.05) is 31.6 Å². The maximum Gasteiger partial charge on any atom is 0.255 e. The molecule has 1 aromatic heterocycles. The normalized spacial score (nSPS) is 16.7. The van der Waals surface area contributed by atoms with E-state index in [4.69, 9.17) is 9.72 Å². The zero-order valence-electron chi connectivity index (χ0n) is 19.2. The highest BCUT2D eigenvalue weighted by Gasteiger charge is 2.28. The molecule has 2 aliphatic heterocycles. The number of aromatic nitrogens is 2. The van der Waals surface area contributed by atoms with Crippen LogP contribution < -0.4 is 5.32 Å². The summed E-state index contributed by atoms with van der Waals surface area (Å²) in [4.78, 5) is 17.9. The molecule has 34 heavy (non-hydrogen) atoms. The number of ether oxygens (including phenoxy) is 1. The van der Waals surface area contributed by atoms with Gasteiger partial charge in [-0.3, -0.25) is 4.79 Å². The smallest absolute Gasteiger partial charge is 0.255 e. The van der Waals surface area contributed by atoms with Crippen molar-refractivity contribution in [3.63, 3.8) is 0 Å². The molecule has 178 valence electrons. The van der Waals surface area contributed by atoms with Crippen LogP contribution in [-0.4, -0.2) is 54.5 Å². The summed E-state index contributed by atoms with van der Waals surface area (Å²) < 4.78 is 35.2. The van der Waals surface area contributed by atoms with Crippen molar-refractivity contribution < 1.29 is 17.9 Å². The summed E-state index contributed by atoms with van der Waals surface area (Å²) in [5.74, 6) is 0.740. The van der Waals surface area contributed by atoms with Crippen LogP contribution in [0.4, 0.5) is 5.69 Å². The summed E-state index contributed by atoms with van der Waals surface area (Å²) in [5, 5.41) is 2.91. The topological polar surface area (TPSA) is 93.5 Å². The molecule has 0 radical (unpaired) electrons. The number of rotatable bonds is 5. The molecular formula is C25H28N4O4S. The highest BCUT2D eigenvalue weighted by atomic mass is 32.2. The van der Waals surface area contributed by atoms with Crippen LogP contribution in [0.25, 0.3) is 11.3 Å². The minimum absolute atomic E-state index is 0.152. The number of carbonyl (C=O) groups excluding carboxylic acids is 1. The number of hydrogen-bond acceptors (Lipinski definition) is 5. The van der Waals surface area contributed by atoms with Crippen molar-refractivity contribution in [1.82, 2.24) is 13.9 Å². The van der Waals surface area contributed by atoms with Crippen molar-refractivity contribution in [3.05, 3.63) is 65.6 Å². The summed E-state index contributed by atoms with van der Waals surface area (Å²) in [7, 11) is -3.70. The van der Waals surface area contributed by atoms with Crippen LogP contribution in [0.5, 0.6) is 0 Å². The minimum Gasteiger partial charge on any atom is -0.379 e. The van der Waals surface area contributed by atoms with E-state index in [-0.39, 0.29) is 10.8 Å². The molecule has 3 heterocycles. The average Bonchev–Trinajstić information content (AvgIpc) is 3.29. The maximum atomic E-state index is 13.2. The van der Waals surface area contributed by atoms with Gasteiger partial charge in [0.1, 0.15) is 5.82 Å². The molecular weight excluding hydrogens is 452 g/mol. The second-order valence-corrected chi connectivity index (χ2v) is 10.6. The highest BCUT2D eigenvalue weighted by molar-refractivity contribution is 7.89. The number of nitrogens with zero attached hydrogens (tertiary/aromatic N) is 3. The molecule has 0 unspecified atom stereocenters. The number of benzene rings is 2. The van der Waals surface area contributed by atoms with Gasteiger partial charge in [-0.05, 0) is 49.6 Å². The number of imidazole rings is 1. The average molecular weight is 481 g/mol. The Morgan fingerprint density at radius 1 is 1.06 bits per heavy atom. The standard InChI is InChI=1S/C25H28N4O4S/c1-18-8-9-20(16-23(18)34(31,32)29-11-13-33-14-12-29)25(30)26-21-6-4-5-19(15-21)22-17-28-10-3-2-7-24(28)27-22/h4-6,8-9,15-17H,2-3,7,10-14H2,1H3,(H,26,30). The predicted octanol–water partition coefficient (Wildman–Crippen LogP) is 3.47. The molecule has 0 saturated carbocycles. The van der Waals surface area contributed by atoms with Gasteiger partial charge >= 0.3 is 0 Å². The fourth-order valence-corrected chi connectivity index (χ4v) is 6.12. The van der Waals surface area contributed by atoms with Crippen LogP contribution in [0, 0.1) is 6.92 Å². The van der Waals surface area contributed by atoms with Crippen LogP contribution in [-0.2, 0) is 27.7 Å². The Kier molecular flexibility index (Phi) is 6.24. The van der Waals surface area contributed by atoms with Crippen molar-refractivity contribution in [1.29, 1.82) is 0 Å². The Balaban J connectivity index is 1.37. The fourth-order valence-electron chi connectivity index (χ4n) is 4.46. The summed E-state index contributed by atoms with van der Waals surface area (Å²) in [5.41, 5.74) is 3.35. The van der Waals surface area contributed by atoms with E-state index in [2.05, 4.69) is 16.1 Å². The number of amides is 1. The minimum atomic E-state index is -3.70. The molecule has 3 aromatic rings. The summed E-state index contributed by atoms with van der Waals surface area (Å²) >= 11 is 0. The van der Waals surface area contributed by atoms with Crippen molar-refractivity contribution in [2.45, 2.75) is 37.6 Å². The molecule has 9 heteroatoms. The van der Waals surface area contributed by atoms with Gasteiger partial charge in [0.2, 0.25) is 10.0 Å². The lowest BCUT2D eigenvalue weighted by molar-refractivity contribution is 0.0730. The molecule has 0 aliphatic carbocycles. The Hall–Kier alpha value is -3.01. The lowest BCUT2D eigenvalue weighted by atomic mass is 10.1. The van der Waals surface area contributed by atoms with E-state index in [1.54, 1.807) is 19.1 Å². The number of hydrogen-bond donors (Lipinski definition) is 1. The Morgan fingerprint density at radius 2 is 1.88 bits per heavy atom. The van der Waals surface area contributed by atoms with Crippen molar-refractivity contribution in [3.8, 4) is 11.3 Å². The maximum absolute atomic E-state index is 13.2. The Morgan fingerprint density at radius 3 is 2.68 bits per heavy atom. The number of carbonyl (C=O) groups is 1. The van der Waals surface area contributed by atoms with Crippen LogP contribution in [0.15, 0.2) is 53.6 Å². The summed E-state index contributed by atoms with van der Waals surface area (Å²) in [6, 6.07) is 12.4. The summed E-state index contributed by atoms with van der Waals surface area (Å²) in [6.45, 7) is 4.08. The van der Waals surface area contributed by atoms with E-state index in [9.17, 15) is 13.2 Å². The van der Waals surface area contributed by atoms with Crippen LogP contribution in [0.3, 0.4) is 0 Å². The molecule has 2 aromatic carbocycles. The molecule has 0 atom stereocenters. The number of fused-ring (bicyclic) bond motifs is 1. The molecule has 0 bridgehead atoms. The van der Waals surface area contributed by atoms with Crippen LogP contribution >= 0.6 is 0 Å². The first-order chi connectivity index (χ1) is 16.4. The number of anilines is 1. The van der Waals surface area contributed by atoms with E-state index in [1.165, 1.54) is 16.8 Å². The second kappa shape index (κ2) is 9.32. The van der Waals surface area contributed by atoms with Gasteiger partial charge in [0.15, 0.2) is 0 Å². The molecule has 1 saturated heterocycles. The third kappa shape index (κ3) is 4.51. The zero-order chi connectivity index (χ0) is 23.7. The monoisotopic (exact) mass is 480 g/mol. The van der Waals surface area contributed by atoms with Gasteiger partial charge in [0.05, 0.1) is 23.8 Å². The summed E-state index contributed by atoms with van der Waals surface area (Å²) in [6.07, 6.45) is 5.38. The fraction of sp³-hybridized carbons (Fsp3) is 0.360. The van der Waals surface area contributed by atoms with Crippen molar-refractivity contribution >= 4 is 21.6 Å². The van der Waals surface area contributed by atoms with Crippen molar-refractivity contribution in [2.24, 2.45) is 0 Å². The molecule has 1 N–H and O–H groups in total. The van der Waals surface area contributed by atoms with E-state index in [1.807, 2.05) is 24.3 Å². The van der Waals surface area contributed by atoms with Gasteiger partial charge in [-0.1, -0.05) is 18.2 Å². The van der Waals surface area contributed by atoms with Crippen LogP contribution in [0.1, 0.15) is 34.6 Å². The van der Waals surface area contributed by atoms with Gasteiger partial charge in [0, 0.05) is 49.1 Å². The van der Waals surface area contributed by atoms with E-state index in [0.717, 1.165) is 36.5 Å². The van der Waals surface area contributed by atoms with Crippen LogP contribution in [0.2, 0.25) is 0 Å². The molecule has 8 nitrogen and oxygen atoms in total. The van der Waals surface area contributed by atoms with Gasteiger partial charge in [-0.2, -0.15) is 4.31 Å². The number of aryl methyl sites for hydroxylation is 3. The number of sulfonamides is 1. The van der Waals surface area contributed by atoms with Gasteiger partial charge < -0.3 is 14.6 Å². The third-order valence-corrected chi connectivity index (χ3v) is 8.40. The first-order valence-electron chi connectivity index (χ1n) is 11.6. The quantitative estimate of drug-likeness (QED) is 0.604. The first kappa shape index (κ1) is 22.8. The molecule has 1 fully saturated rings. The molecule has 0 spiro atoms. The highest BCUT2D eigenvalue weighted by Crippen LogP contribution is 2.26. The number of morpholine rings is 1. The first-order valence-corrected chi connectivity index (χ1v) is 13.0.